The number of aromatic nitrogens is 2. The van der Waals surface area contributed by atoms with Crippen molar-refractivity contribution in [1.82, 2.24) is 15.1 Å². The summed E-state index contributed by atoms with van der Waals surface area (Å²) in [7, 11) is 0. The average molecular weight is 289 g/mol. The Balaban J connectivity index is 1.75. The van der Waals surface area contributed by atoms with E-state index in [1.54, 1.807) is 11.3 Å². The Morgan fingerprint density at radius 3 is 2.45 bits per heavy atom. The fourth-order valence-corrected chi connectivity index (χ4v) is 3.19. The highest BCUT2D eigenvalue weighted by Gasteiger charge is 2.18. The predicted molar refractivity (Wildman–Crippen MR) is 80.9 cm³/mol. The molecule has 20 heavy (non-hydrogen) atoms. The molecule has 0 aliphatic carbocycles. The van der Waals surface area contributed by atoms with Gasteiger partial charge in [-0.2, -0.15) is 0 Å². The number of morpholine rings is 1. The van der Waals surface area contributed by atoms with Gasteiger partial charge in [0, 0.05) is 24.7 Å². The molecule has 0 radical (unpaired) electrons. The van der Waals surface area contributed by atoms with Crippen LogP contribution in [0.1, 0.15) is 23.5 Å². The Hall–Kier alpha value is -1.30. The van der Waals surface area contributed by atoms with Crippen LogP contribution in [0.4, 0.5) is 0 Å². The van der Waals surface area contributed by atoms with Crippen molar-refractivity contribution >= 4 is 11.3 Å². The normalized spacial score (nSPS) is 18.1. The van der Waals surface area contributed by atoms with Crippen molar-refractivity contribution in [2.24, 2.45) is 0 Å². The number of rotatable bonds is 3. The predicted octanol–water partition coefficient (Wildman–Crippen LogP) is 2.91. The zero-order valence-corrected chi connectivity index (χ0v) is 12.7. The molecule has 1 aliphatic rings. The van der Waals surface area contributed by atoms with Crippen LogP contribution in [0, 0.1) is 6.92 Å². The molecule has 5 heteroatoms. The van der Waals surface area contributed by atoms with Gasteiger partial charge >= 0.3 is 0 Å². The molecule has 2 aromatic rings. The topological polar surface area (TPSA) is 38.2 Å². The van der Waals surface area contributed by atoms with Crippen molar-refractivity contribution in [1.29, 1.82) is 0 Å². The maximum atomic E-state index is 5.41. The molecule has 1 aromatic heterocycles. The van der Waals surface area contributed by atoms with Crippen molar-refractivity contribution in [3.05, 3.63) is 34.8 Å². The van der Waals surface area contributed by atoms with Crippen LogP contribution in [-0.4, -0.2) is 41.4 Å². The molecule has 3 rings (SSSR count). The number of benzene rings is 1. The van der Waals surface area contributed by atoms with Crippen molar-refractivity contribution in [2.75, 3.05) is 26.3 Å². The van der Waals surface area contributed by atoms with Gasteiger partial charge in [0.05, 0.1) is 13.2 Å². The lowest BCUT2D eigenvalue weighted by Gasteiger charge is -2.32. The molecule has 0 unspecified atom stereocenters. The lowest BCUT2D eigenvalue weighted by atomic mass is 10.0. The summed E-state index contributed by atoms with van der Waals surface area (Å²) in [6, 6.07) is 9.13. The van der Waals surface area contributed by atoms with E-state index in [1.807, 2.05) is 6.92 Å². The molecule has 1 aliphatic heterocycles. The van der Waals surface area contributed by atoms with E-state index in [2.05, 4.69) is 46.3 Å². The first-order valence-electron chi connectivity index (χ1n) is 6.96. The number of aryl methyl sites for hydroxylation is 1. The first-order chi connectivity index (χ1) is 9.74. The molecule has 0 saturated carbocycles. The fraction of sp³-hybridized carbons (Fsp3) is 0.467. The van der Waals surface area contributed by atoms with Crippen LogP contribution in [0.2, 0.25) is 0 Å². The summed E-state index contributed by atoms with van der Waals surface area (Å²) in [6.45, 7) is 7.95. The number of hydrogen-bond acceptors (Lipinski definition) is 5. The summed E-state index contributed by atoms with van der Waals surface area (Å²) in [5.74, 6) is 0. The van der Waals surface area contributed by atoms with Gasteiger partial charge in [-0.3, -0.25) is 4.90 Å². The Bertz CT molecular complexity index is 561. The van der Waals surface area contributed by atoms with Crippen LogP contribution in [0.15, 0.2) is 24.3 Å². The SMILES string of the molecule is Cc1nnc(-c2ccc([C@@H](C)N3CCOCC3)cc2)s1. The number of nitrogens with zero attached hydrogens (tertiary/aromatic N) is 3. The van der Waals surface area contributed by atoms with E-state index in [4.69, 9.17) is 4.74 Å². The molecular weight excluding hydrogens is 270 g/mol. The quantitative estimate of drug-likeness (QED) is 0.871. The Morgan fingerprint density at radius 2 is 1.85 bits per heavy atom. The van der Waals surface area contributed by atoms with Gasteiger partial charge in [-0.1, -0.05) is 35.6 Å². The molecule has 0 amide bonds. The van der Waals surface area contributed by atoms with Gasteiger partial charge in [-0.05, 0) is 19.4 Å². The minimum Gasteiger partial charge on any atom is -0.379 e. The molecule has 1 atom stereocenters. The van der Waals surface area contributed by atoms with Gasteiger partial charge in [0.25, 0.3) is 0 Å². The van der Waals surface area contributed by atoms with Crippen LogP contribution in [0.25, 0.3) is 10.6 Å². The molecule has 0 N–H and O–H groups in total. The summed E-state index contributed by atoms with van der Waals surface area (Å²) in [4.78, 5) is 2.47. The van der Waals surface area contributed by atoms with E-state index in [0.29, 0.717) is 6.04 Å². The second-order valence-corrected chi connectivity index (χ2v) is 6.25. The van der Waals surface area contributed by atoms with Crippen LogP contribution in [0.3, 0.4) is 0 Å². The van der Waals surface area contributed by atoms with Gasteiger partial charge in [0.15, 0.2) is 0 Å². The standard InChI is InChI=1S/C15H19N3OS/c1-11(18-7-9-19-10-8-18)13-3-5-14(6-4-13)15-17-16-12(2)20-15/h3-6,11H,7-10H2,1-2H3/t11-/m1/s1. The van der Waals surface area contributed by atoms with Gasteiger partial charge in [0.2, 0.25) is 0 Å². The van der Waals surface area contributed by atoms with Crippen molar-refractivity contribution in [2.45, 2.75) is 19.9 Å². The van der Waals surface area contributed by atoms with E-state index in [1.165, 1.54) is 5.56 Å². The zero-order chi connectivity index (χ0) is 13.9. The first kappa shape index (κ1) is 13.7. The molecule has 0 bridgehead atoms. The van der Waals surface area contributed by atoms with E-state index in [0.717, 1.165) is 41.9 Å². The molecule has 4 nitrogen and oxygen atoms in total. The molecule has 1 saturated heterocycles. The van der Waals surface area contributed by atoms with Crippen LogP contribution in [-0.2, 0) is 4.74 Å². The van der Waals surface area contributed by atoms with Crippen LogP contribution < -0.4 is 0 Å². The van der Waals surface area contributed by atoms with E-state index in [-0.39, 0.29) is 0 Å². The number of hydrogen-bond donors (Lipinski definition) is 0. The second-order valence-electron chi connectivity index (χ2n) is 5.07. The average Bonchev–Trinajstić information content (AvgIpc) is 2.94. The Morgan fingerprint density at radius 1 is 1.15 bits per heavy atom. The van der Waals surface area contributed by atoms with E-state index >= 15 is 0 Å². The molecular formula is C15H19N3OS. The van der Waals surface area contributed by atoms with Gasteiger partial charge in [0.1, 0.15) is 10.0 Å². The molecule has 0 spiro atoms. The molecule has 2 heterocycles. The zero-order valence-electron chi connectivity index (χ0n) is 11.9. The van der Waals surface area contributed by atoms with Crippen LogP contribution in [0.5, 0.6) is 0 Å². The second kappa shape index (κ2) is 5.99. The molecule has 1 aromatic carbocycles. The Kier molecular flexibility index (Phi) is 4.10. The number of ether oxygens (including phenoxy) is 1. The molecule has 1 fully saturated rings. The minimum atomic E-state index is 0.434. The third-order valence-corrected chi connectivity index (χ3v) is 4.65. The highest BCUT2D eigenvalue weighted by Crippen LogP contribution is 2.26. The van der Waals surface area contributed by atoms with Gasteiger partial charge in [-0.25, -0.2) is 0 Å². The fourth-order valence-electron chi connectivity index (χ4n) is 2.49. The Labute approximate surface area is 123 Å². The summed E-state index contributed by atoms with van der Waals surface area (Å²) >= 11 is 1.63. The van der Waals surface area contributed by atoms with Crippen LogP contribution >= 0.6 is 11.3 Å². The van der Waals surface area contributed by atoms with Gasteiger partial charge < -0.3 is 4.74 Å². The smallest absolute Gasteiger partial charge is 0.147 e. The van der Waals surface area contributed by atoms with Gasteiger partial charge in [-0.15, -0.1) is 10.2 Å². The highest BCUT2D eigenvalue weighted by atomic mass is 32.1. The van der Waals surface area contributed by atoms with Crippen molar-refractivity contribution in [3.8, 4) is 10.6 Å². The summed E-state index contributed by atoms with van der Waals surface area (Å²) in [5, 5.41) is 10.3. The largest absolute Gasteiger partial charge is 0.379 e. The lowest BCUT2D eigenvalue weighted by molar-refractivity contribution is 0.0198. The lowest BCUT2D eigenvalue weighted by Crippen LogP contribution is -2.37. The van der Waals surface area contributed by atoms with E-state index < -0.39 is 0 Å². The van der Waals surface area contributed by atoms with Crippen molar-refractivity contribution < 1.29 is 4.74 Å². The summed E-state index contributed by atoms with van der Waals surface area (Å²) in [5.41, 5.74) is 2.49. The summed E-state index contributed by atoms with van der Waals surface area (Å²) < 4.78 is 5.41. The minimum absolute atomic E-state index is 0.434. The maximum Gasteiger partial charge on any atom is 0.147 e. The first-order valence-corrected chi connectivity index (χ1v) is 7.78. The highest BCUT2D eigenvalue weighted by molar-refractivity contribution is 7.14. The van der Waals surface area contributed by atoms with Crippen molar-refractivity contribution in [3.63, 3.8) is 0 Å². The summed E-state index contributed by atoms with van der Waals surface area (Å²) in [6.07, 6.45) is 0. The monoisotopic (exact) mass is 289 g/mol. The third kappa shape index (κ3) is 2.90. The van der Waals surface area contributed by atoms with E-state index in [9.17, 15) is 0 Å². The maximum absolute atomic E-state index is 5.41. The third-order valence-electron chi connectivity index (χ3n) is 3.76. The molecule has 106 valence electrons.